The number of carbonyl (C=O) groups excluding carboxylic acids is 1. The third kappa shape index (κ3) is 5.98. The third-order valence-electron chi connectivity index (χ3n) is 3.18. The molecule has 2 rings (SSSR count). The van der Waals surface area contributed by atoms with E-state index >= 15 is 0 Å². The van der Waals surface area contributed by atoms with Crippen LogP contribution >= 0.6 is 11.6 Å². The number of carbonyl (C=O) groups is 1. The Kier molecular flexibility index (Phi) is 6.96. The fourth-order valence-corrected chi connectivity index (χ4v) is 3.62. The molecule has 0 saturated heterocycles. The van der Waals surface area contributed by atoms with Crippen LogP contribution in [0, 0.1) is 0 Å². The van der Waals surface area contributed by atoms with Crippen LogP contribution in [0.15, 0.2) is 47.6 Å². The van der Waals surface area contributed by atoms with Gasteiger partial charge in [0.2, 0.25) is 10.0 Å². The number of pyridine rings is 1. The largest absolute Gasteiger partial charge is 0.482 e. The summed E-state index contributed by atoms with van der Waals surface area (Å²) in [6.45, 7) is 3.54. The number of rotatable bonds is 8. The molecule has 1 aromatic heterocycles. The first-order chi connectivity index (χ1) is 12.3. The van der Waals surface area contributed by atoms with Gasteiger partial charge in [-0.3, -0.25) is 9.78 Å². The van der Waals surface area contributed by atoms with Crippen LogP contribution in [0.5, 0.6) is 5.75 Å². The number of ether oxygens (including phenoxy) is 1. The van der Waals surface area contributed by atoms with Gasteiger partial charge in [0.05, 0.1) is 9.92 Å². The highest BCUT2D eigenvalue weighted by Crippen LogP contribution is 2.27. The molecule has 1 amide bonds. The summed E-state index contributed by atoms with van der Waals surface area (Å²) in [5.41, 5.74) is 0.867. The highest BCUT2D eigenvalue weighted by atomic mass is 35.5. The molecule has 1 heterocycles. The first kappa shape index (κ1) is 20.2. The highest BCUT2D eigenvalue weighted by molar-refractivity contribution is 7.89. The monoisotopic (exact) mass is 397 g/mol. The molecule has 0 aliphatic carbocycles. The van der Waals surface area contributed by atoms with Crippen molar-refractivity contribution in [1.29, 1.82) is 0 Å². The predicted octanol–water partition coefficient (Wildman–Crippen LogP) is 2.12. The second kappa shape index (κ2) is 8.98. The smallest absolute Gasteiger partial charge is 0.258 e. The van der Waals surface area contributed by atoms with Gasteiger partial charge in [-0.1, -0.05) is 17.7 Å². The van der Waals surface area contributed by atoms with Crippen molar-refractivity contribution in [3.63, 3.8) is 0 Å². The van der Waals surface area contributed by atoms with Crippen molar-refractivity contribution in [2.45, 2.75) is 31.3 Å². The summed E-state index contributed by atoms with van der Waals surface area (Å²) in [5, 5.41) is 2.80. The molecule has 0 aliphatic heterocycles. The van der Waals surface area contributed by atoms with E-state index in [4.69, 9.17) is 16.3 Å². The number of aromatic nitrogens is 1. The summed E-state index contributed by atoms with van der Waals surface area (Å²) in [7, 11) is -3.64. The second-order valence-corrected chi connectivity index (χ2v) is 7.92. The molecule has 1 aromatic carbocycles. The maximum Gasteiger partial charge on any atom is 0.258 e. The van der Waals surface area contributed by atoms with Crippen molar-refractivity contribution >= 4 is 27.5 Å². The zero-order chi connectivity index (χ0) is 19.2. The summed E-state index contributed by atoms with van der Waals surface area (Å²) in [4.78, 5) is 15.8. The second-order valence-electron chi connectivity index (χ2n) is 5.79. The highest BCUT2D eigenvalue weighted by Gasteiger charge is 2.17. The normalized spacial score (nSPS) is 11.4. The van der Waals surface area contributed by atoms with Gasteiger partial charge in [0.25, 0.3) is 5.91 Å². The number of nitrogens with one attached hydrogen (secondary N) is 2. The first-order valence-corrected chi connectivity index (χ1v) is 9.74. The molecule has 0 spiro atoms. The maximum absolute atomic E-state index is 12.1. The Balaban J connectivity index is 1.92. The quantitative estimate of drug-likeness (QED) is 0.711. The van der Waals surface area contributed by atoms with Crippen LogP contribution in [-0.2, 0) is 21.4 Å². The van der Waals surface area contributed by atoms with E-state index in [0.717, 1.165) is 5.56 Å². The molecular weight excluding hydrogens is 378 g/mol. The van der Waals surface area contributed by atoms with E-state index in [9.17, 15) is 13.2 Å². The number of hydrogen-bond donors (Lipinski definition) is 2. The molecule has 9 heteroatoms. The Morgan fingerprint density at radius 1 is 1.31 bits per heavy atom. The topological polar surface area (TPSA) is 97.4 Å². The van der Waals surface area contributed by atoms with E-state index in [-0.39, 0.29) is 34.2 Å². The number of benzene rings is 1. The number of halogens is 1. The van der Waals surface area contributed by atoms with Gasteiger partial charge in [-0.15, -0.1) is 0 Å². The summed E-state index contributed by atoms with van der Waals surface area (Å²) in [5.74, 6) is -0.102. The van der Waals surface area contributed by atoms with Crippen molar-refractivity contribution < 1.29 is 17.9 Å². The van der Waals surface area contributed by atoms with E-state index < -0.39 is 10.0 Å². The number of nitrogens with zero attached hydrogens (tertiary/aromatic N) is 1. The van der Waals surface area contributed by atoms with Gasteiger partial charge in [0, 0.05) is 25.0 Å². The predicted molar refractivity (Wildman–Crippen MR) is 98.5 cm³/mol. The molecule has 0 fully saturated rings. The van der Waals surface area contributed by atoms with E-state index in [1.807, 2.05) is 6.07 Å². The third-order valence-corrected chi connectivity index (χ3v) is 5.13. The van der Waals surface area contributed by atoms with Crippen LogP contribution < -0.4 is 14.8 Å². The molecule has 0 aliphatic rings. The average Bonchev–Trinajstić information content (AvgIpc) is 2.58. The molecule has 2 aromatic rings. The summed E-state index contributed by atoms with van der Waals surface area (Å²) in [6.07, 6.45) is 3.30. The number of sulfonamides is 1. The number of hydrogen-bond acceptors (Lipinski definition) is 5. The van der Waals surface area contributed by atoms with Crippen molar-refractivity contribution in [3.05, 3.63) is 53.3 Å². The molecule has 140 valence electrons. The van der Waals surface area contributed by atoms with Crippen molar-refractivity contribution in [2.24, 2.45) is 0 Å². The van der Waals surface area contributed by atoms with Crippen molar-refractivity contribution in [3.8, 4) is 5.75 Å². The van der Waals surface area contributed by atoms with Crippen LogP contribution in [0.1, 0.15) is 19.4 Å². The Hall–Kier alpha value is -2.16. The van der Waals surface area contributed by atoms with E-state index in [2.05, 4.69) is 15.0 Å². The van der Waals surface area contributed by atoms with Gasteiger partial charge in [0.15, 0.2) is 6.61 Å². The lowest BCUT2D eigenvalue weighted by Gasteiger charge is -2.12. The maximum atomic E-state index is 12.1. The van der Waals surface area contributed by atoms with Crippen LogP contribution in [0.4, 0.5) is 0 Å². The molecule has 0 atom stereocenters. The number of amides is 1. The average molecular weight is 398 g/mol. The molecule has 0 saturated carbocycles. The molecular formula is C17H20ClN3O4S. The molecule has 0 radical (unpaired) electrons. The van der Waals surface area contributed by atoms with Gasteiger partial charge < -0.3 is 10.1 Å². The minimum Gasteiger partial charge on any atom is -0.482 e. The lowest BCUT2D eigenvalue weighted by molar-refractivity contribution is -0.123. The van der Waals surface area contributed by atoms with Crippen molar-refractivity contribution in [1.82, 2.24) is 15.0 Å². The summed E-state index contributed by atoms with van der Waals surface area (Å²) >= 11 is 6.07. The first-order valence-electron chi connectivity index (χ1n) is 7.88. The Bertz CT molecular complexity index is 858. The van der Waals surface area contributed by atoms with Crippen molar-refractivity contribution in [2.75, 3.05) is 6.61 Å². The Morgan fingerprint density at radius 3 is 2.69 bits per heavy atom. The van der Waals surface area contributed by atoms with E-state index in [0.29, 0.717) is 6.54 Å². The van der Waals surface area contributed by atoms with Crippen LogP contribution in [0.3, 0.4) is 0 Å². The van der Waals surface area contributed by atoms with Gasteiger partial charge in [0.1, 0.15) is 5.75 Å². The standard InChI is InChI=1S/C17H20ClN3O4S/c1-12(2)21-26(23,24)14-5-6-16(15(18)8-14)25-11-17(22)20-10-13-4-3-7-19-9-13/h3-9,12,21H,10-11H2,1-2H3,(H,20,22). The van der Waals surface area contributed by atoms with E-state index in [1.54, 1.807) is 32.3 Å². The fourth-order valence-electron chi connectivity index (χ4n) is 2.04. The Labute approximate surface area is 157 Å². The lowest BCUT2D eigenvalue weighted by atomic mass is 10.3. The van der Waals surface area contributed by atoms with Gasteiger partial charge in [-0.25, -0.2) is 13.1 Å². The zero-order valence-corrected chi connectivity index (χ0v) is 16.0. The zero-order valence-electron chi connectivity index (χ0n) is 14.4. The summed E-state index contributed by atoms with van der Waals surface area (Å²) in [6, 6.07) is 7.47. The van der Waals surface area contributed by atoms with Gasteiger partial charge >= 0.3 is 0 Å². The van der Waals surface area contributed by atoms with Gasteiger partial charge in [-0.05, 0) is 43.7 Å². The van der Waals surface area contributed by atoms with Gasteiger partial charge in [-0.2, -0.15) is 0 Å². The SMILES string of the molecule is CC(C)NS(=O)(=O)c1ccc(OCC(=O)NCc2cccnc2)c(Cl)c1. The summed E-state index contributed by atoms with van der Waals surface area (Å²) < 4.78 is 32.1. The molecule has 0 unspecified atom stereocenters. The van der Waals surface area contributed by atoms with E-state index in [1.165, 1.54) is 18.2 Å². The van der Waals surface area contributed by atoms with Crippen LogP contribution in [0.25, 0.3) is 0 Å². The minimum absolute atomic E-state index is 0.0320. The molecule has 7 nitrogen and oxygen atoms in total. The molecule has 2 N–H and O–H groups in total. The minimum atomic E-state index is -3.64. The van der Waals surface area contributed by atoms with Crippen LogP contribution in [-0.4, -0.2) is 32.0 Å². The lowest BCUT2D eigenvalue weighted by Crippen LogP contribution is -2.30. The molecule has 26 heavy (non-hydrogen) atoms. The Morgan fingerprint density at radius 2 is 2.08 bits per heavy atom. The van der Waals surface area contributed by atoms with Crippen LogP contribution in [0.2, 0.25) is 5.02 Å². The molecule has 0 bridgehead atoms. The fraction of sp³-hybridized carbons (Fsp3) is 0.294.